The number of hydrogen-bond donors (Lipinski definition) is 2. The minimum absolute atomic E-state index is 0.0805. The second-order valence-corrected chi connectivity index (χ2v) is 14.3. The highest BCUT2D eigenvalue weighted by molar-refractivity contribution is 7.85. The molecule has 0 amide bonds. The Morgan fingerprint density at radius 2 is 1.14 bits per heavy atom. The van der Waals surface area contributed by atoms with Crippen LogP contribution in [-0.4, -0.2) is 68.4 Å². The maximum Gasteiger partial charge on any atom is 0.266 e. The number of carboxylic acids is 1. The van der Waals surface area contributed by atoms with E-state index in [-0.39, 0.29) is 4.48 Å². The Labute approximate surface area is 229 Å². The topological polar surface area (TPSA) is 107 Å². The summed E-state index contributed by atoms with van der Waals surface area (Å²) >= 11 is 0. The van der Waals surface area contributed by atoms with E-state index in [2.05, 4.69) is 12.2 Å². The summed E-state index contributed by atoms with van der Waals surface area (Å²) in [7, 11) is 0.942. The van der Waals surface area contributed by atoms with Crippen LogP contribution >= 0.6 is 0 Å². The number of nitrogens with one attached hydrogen (secondary N) is 1. The standard InChI is InChI=1S/C29H60N2O5S/c1-8-9-10-11-12-13-14-15-16-17-18-19-20-21-22-23-24-30-29(4,25-37(34,35)36)28(2,3)26(27(32)33)31(5,6)7/h26,30H,8-25H2,1-7H3,(H-,32,33,34,35,36). The molecular formula is C29H60N2O5S. The Hall–Kier alpha value is -0.700. The van der Waals surface area contributed by atoms with Crippen LogP contribution in [0.1, 0.15) is 130 Å². The molecule has 37 heavy (non-hydrogen) atoms. The monoisotopic (exact) mass is 548 g/mol. The molecule has 8 heteroatoms. The van der Waals surface area contributed by atoms with E-state index in [4.69, 9.17) is 0 Å². The van der Waals surface area contributed by atoms with Crippen LogP contribution in [0.2, 0.25) is 0 Å². The number of carbonyl (C=O) groups excluding carboxylic acids is 1. The molecule has 0 aromatic heterocycles. The van der Waals surface area contributed by atoms with E-state index in [0.717, 1.165) is 19.3 Å². The zero-order valence-corrected chi connectivity index (χ0v) is 26.1. The van der Waals surface area contributed by atoms with Gasteiger partial charge in [-0.25, -0.2) is 0 Å². The highest BCUT2D eigenvalue weighted by atomic mass is 32.2. The highest BCUT2D eigenvalue weighted by Crippen LogP contribution is 2.39. The number of unbranched alkanes of at least 4 members (excludes halogenated alkanes) is 15. The van der Waals surface area contributed by atoms with Crippen LogP contribution in [-0.2, 0) is 14.9 Å². The molecule has 0 aromatic rings. The van der Waals surface area contributed by atoms with Crippen molar-refractivity contribution in [1.82, 2.24) is 5.32 Å². The van der Waals surface area contributed by atoms with E-state index in [1.165, 1.54) is 83.5 Å². The van der Waals surface area contributed by atoms with Crippen molar-refractivity contribution in [2.45, 2.75) is 142 Å². The Morgan fingerprint density at radius 1 is 0.784 bits per heavy atom. The van der Waals surface area contributed by atoms with Gasteiger partial charge in [0.2, 0.25) is 0 Å². The average molecular weight is 549 g/mol. The fourth-order valence-corrected chi connectivity index (χ4v) is 6.95. The first-order valence-electron chi connectivity index (χ1n) is 14.8. The number of likely N-dealkylation sites (N-methyl/N-ethyl adjacent to an activating group) is 1. The highest BCUT2D eigenvalue weighted by Gasteiger charge is 2.53. The van der Waals surface area contributed by atoms with Gasteiger partial charge in [-0.3, -0.25) is 4.55 Å². The van der Waals surface area contributed by atoms with E-state index < -0.39 is 38.8 Å². The minimum Gasteiger partial charge on any atom is -0.544 e. The van der Waals surface area contributed by atoms with Crippen molar-refractivity contribution in [2.24, 2.45) is 5.41 Å². The maximum absolute atomic E-state index is 12.1. The van der Waals surface area contributed by atoms with Gasteiger partial charge in [-0.2, -0.15) is 8.42 Å². The predicted octanol–water partition coefficient (Wildman–Crippen LogP) is 5.33. The van der Waals surface area contributed by atoms with Crippen molar-refractivity contribution in [2.75, 3.05) is 33.4 Å². The quantitative estimate of drug-likeness (QED) is 0.0959. The lowest BCUT2D eigenvalue weighted by atomic mass is 9.68. The number of nitrogens with zero attached hydrogens (tertiary/aromatic N) is 1. The minimum atomic E-state index is -4.33. The van der Waals surface area contributed by atoms with Crippen LogP contribution in [0.15, 0.2) is 0 Å². The molecule has 0 rings (SSSR count). The zero-order valence-electron chi connectivity index (χ0n) is 25.2. The third-order valence-electron chi connectivity index (χ3n) is 8.12. The van der Waals surface area contributed by atoms with Crippen molar-refractivity contribution in [3.8, 4) is 0 Å². The number of quaternary nitrogens is 1. The van der Waals surface area contributed by atoms with Gasteiger partial charge in [0, 0.05) is 11.0 Å². The molecule has 0 aliphatic heterocycles. The average Bonchev–Trinajstić information content (AvgIpc) is 2.73. The van der Waals surface area contributed by atoms with Crippen molar-refractivity contribution in [3.63, 3.8) is 0 Å². The van der Waals surface area contributed by atoms with Gasteiger partial charge in [0.1, 0.15) is 6.04 Å². The van der Waals surface area contributed by atoms with Crippen LogP contribution < -0.4 is 10.4 Å². The molecule has 0 aliphatic carbocycles. The van der Waals surface area contributed by atoms with E-state index in [0.29, 0.717) is 6.54 Å². The molecule has 0 saturated heterocycles. The summed E-state index contributed by atoms with van der Waals surface area (Å²) in [6, 6.07) is -0.974. The molecule has 0 aromatic carbocycles. The van der Waals surface area contributed by atoms with Gasteiger partial charge in [0.15, 0.2) is 0 Å². The molecular weight excluding hydrogens is 488 g/mol. The fraction of sp³-hybridized carbons (Fsp3) is 0.966. The molecule has 0 aliphatic rings. The molecule has 7 nitrogen and oxygen atoms in total. The van der Waals surface area contributed by atoms with Crippen LogP contribution in [0.25, 0.3) is 0 Å². The van der Waals surface area contributed by atoms with Gasteiger partial charge in [0.05, 0.1) is 32.9 Å². The molecule has 2 N–H and O–H groups in total. The van der Waals surface area contributed by atoms with E-state index in [1.807, 2.05) is 0 Å². The van der Waals surface area contributed by atoms with Gasteiger partial charge in [-0.1, -0.05) is 117 Å². The molecule has 2 unspecified atom stereocenters. The number of carboxylic acid groups (broad SMARTS) is 1. The number of rotatable bonds is 24. The number of aliphatic carboxylic acids is 1. The van der Waals surface area contributed by atoms with Gasteiger partial charge in [-0.15, -0.1) is 0 Å². The Morgan fingerprint density at radius 3 is 1.43 bits per heavy atom. The Kier molecular flexibility index (Phi) is 17.5. The van der Waals surface area contributed by atoms with Crippen LogP contribution in [0, 0.1) is 5.41 Å². The molecule has 0 saturated carbocycles. The molecule has 0 fully saturated rings. The van der Waals surface area contributed by atoms with Crippen LogP contribution in [0.3, 0.4) is 0 Å². The Bertz CT molecular complexity index is 718. The zero-order chi connectivity index (χ0) is 28.6. The maximum atomic E-state index is 12.1. The lowest BCUT2D eigenvalue weighted by molar-refractivity contribution is -0.897. The van der Waals surface area contributed by atoms with Gasteiger partial charge < -0.3 is 19.7 Å². The van der Waals surface area contributed by atoms with E-state index in [9.17, 15) is 22.9 Å². The van der Waals surface area contributed by atoms with Crippen molar-refractivity contribution in [3.05, 3.63) is 0 Å². The third-order valence-corrected chi connectivity index (χ3v) is 9.06. The summed E-state index contributed by atoms with van der Waals surface area (Å²) in [4.78, 5) is 12.1. The largest absolute Gasteiger partial charge is 0.544 e. The van der Waals surface area contributed by atoms with Crippen LogP contribution in [0.5, 0.6) is 0 Å². The van der Waals surface area contributed by atoms with Gasteiger partial charge in [0.25, 0.3) is 10.1 Å². The summed E-state index contributed by atoms with van der Waals surface area (Å²) in [5.74, 6) is -1.79. The molecule has 0 bridgehead atoms. The van der Waals surface area contributed by atoms with Crippen molar-refractivity contribution in [1.29, 1.82) is 0 Å². The lowest BCUT2D eigenvalue weighted by Gasteiger charge is -2.52. The number of carbonyl (C=O) groups is 1. The van der Waals surface area contributed by atoms with E-state index in [1.54, 1.807) is 41.9 Å². The van der Waals surface area contributed by atoms with E-state index >= 15 is 0 Å². The summed E-state index contributed by atoms with van der Waals surface area (Å²) in [6.07, 6.45) is 20.5. The summed E-state index contributed by atoms with van der Waals surface area (Å²) in [6.45, 7) is 7.99. The second kappa shape index (κ2) is 17.8. The molecule has 0 heterocycles. The molecule has 0 radical (unpaired) electrons. The number of hydrogen-bond acceptors (Lipinski definition) is 5. The summed E-state index contributed by atoms with van der Waals surface area (Å²) in [5.41, 5.74) is -2.17. The summed E-state index contributed by atoms with van der Waals surface area (Å²) in [5, 5.41) is 15.4. The normalized spacial score (nSPS) is 15.5. The first-order chi connectivity index (χ1) is 17.1. The first kappa shape index (κ1) is 36.3. The van der Waals surface area contributed by atoms with Crippen LogP contribution in [0.4, 0.5) is 0 Å². The van der Waals surface area contributed by atoms with Gasteiger partial charge in [-0.05, 0) is 19.9 Å². The fourth-order valence-electron chi connectivity index (χ4n) is 5.75. The summed E-state index contributed by atoms with van der Waals surface area (Å²) < 4.78 is 33.5. The predicted molar refractivity (Wildman–Crippen MR) is 153 cm³/mol. The van der Waals surface area contributed by atoms with Crippen molar-refractivity contribution >= 4 is 16.1 Å². The SMILES string of the molecule is CCCCCCCCCCCCCCCCCCNC(C)(CS(=O)(=O)O)C(C)(C)C(C(=O)[O-])[N+](C)(C)C. The lowest BCUT2D eigenvalue weighted by Crippen LogP contribution is -2.71. The Balaban J connectivity index is 4.35. The first-order valence-corrected chi connectivity index (χ1v) is 16.4. The molecule has 2 atom stereocenters. The third kappa shape index (κ3) is 15.5. The molecule has 222 valence electrons. The van der Waals surface area contributed by atoms with Gasteiger partial charge >= 0.3 is 0 Å². The second-order valence-electron chi connectivity index (χ2n) is 12.8. The smallest absolute Gasteiger partial charge is 0.266 e. The molecule has 0 spiro atoms. The van der Waals surface area contributed by atoms with Crippen molar-refractivity contribution < 1.29 is 27.4 Å².